The van der Waals surface area contributed by atoms with E-state index in [-0.39, 0.29) is 23.2 Å². The van der Waals surface area contributed by atoms with Crippen molar-refractivity contribution < 1.29 is 14.0 Å². The predicted octanol–water partition coefficient (Wildman–Crippen LogP) is 7.17. The zero-order valence-electron chi connectivity index (χ0n) is 18.8. The molecule has 0 N–H and O–H groups in total. The van der Waals surface area contributed by atoms with Crippen LogP contribution in [0.5, 0.6) is 0 Å². The summed E-state index contributed by atoms with van der Waals surface area (Å²) in [5, 5.41) is 0.152. The van der Waals surface area contributed by atoms with Gasteiger partial charge in [-0.2, -0.15) is 0 Å². The molecule has 1 aliphatic heterocycles. The van der Waals surface area contributed by atoms with E-state index < -0.39 is 8.32 Å². The Morgan fingerprint density at radius 2 is 1.70 bits per heavy atom. The first kappa shape index (κ1) is 24.4. The second-order valence-corrected chi connectivity index (χ2v) is 14.4. The van der Waals surface area contributed by atoms with Crippen LogP contribution in [-0.4, -0.2) is 26.5 Å². The first-order valence-electron chi connectivity index (χ1n) is 11.2. The molecule has 0 aliphatic carbocycles. The Morgan fingerprint density at radius 1 is 1.11 bits per heavy atom. The fraction of sp³-hybridized carbons (Fsp3) is 0.870. The molecule has 0 saturated carbocycles. The van der Waals surface area contributed by atoms with Gasteiger partial charge in [0.15, 0.2) is 8.32 Å². The van der Waals surface area contributed by atoms with Gasteiger partial charge in [0.05, 0.1) is 0 Å². The zero-order valence-corrected chi connectivity index (χ0v) is 19.8. The van der Waals surface area contributed by atoms with Crippen molar-refractivity contribution in [1.82, 2.24) is 0 Å². The summed E-state index contributed by atoms with van der Waals surface area (Å²) >= 11 is 0. The first-order chi connectivity index (χ1) is 12.7. The highest BCUT2D eigenvalue weighted by Gasteiger charge is 2.41. The van der Waals surface area contributed by atoms with Gasteiger partial charge in [-0.3, -0.25) is 4.79 Å². The molecule has 3 nitrogen and oxygen atoms in total. The molecule has 0 aromatic rings. The van der Waals surface area contributed by atoms with E-state index in [1.165, 1.54) is 51.4 Å². The maximum absolute atomic E-state index is 11.6. The van der Waals surface area contributed by atoms with E-state index in [0.29, 0.717) is 6.42 Å². The SMILES string of the molecule is CCCCCCCCCC/C=C/[C@@H](O[Si](C)(C)C(C)(C)C)[C@H]1CCC(=O)O1. The number of esters is 1. The van der Waals surface area contributed by atoms with Crippen molar-refractivity contribution in [2.75, 3.05) is 0 Å². The lowest BCUT2D eigenvalue weighted by atomic mass is 10.1. The van der Waals surface area contributed by atoms with Crippen LogP contribution in [0.4, 0.5) is 0 Å². The topological polar surface area (TPSA) is 35.5 Å². The fourth-order valence-corrected chi connectivity index (χ4v) is 4.42. The van der Waals surface area contributed by atoms with Crippen LogP contribution in [0, 0.1) is 0 Å². The Morgan fingerprint density at radius 3 is 2.22 bits per heavy atom. The highest BCUT2D eigenvalue weighted by molar-refractivity contribution is 6.74. The summed E-state index contributed by atoms with van der Waals surface area (Å²) in [5.74, 6) is -0.0831. The molecule has 0 aromatic heterocycles. The normalized spacial score (nSPS) is 19.6. The minimum absolute atomic E-state index is 0.0831. The summed E-state index contributed by atoms with van der Waals surface area (Å²) in [4.78, 5) is 11.6. The van der Waals surface area contributed by atoms with Gasteiger partial charge in [0.25, 0.3) is 0 Å². The number of allylic oxidation sites excluding steroid dienone is 1. The summed E-state index contributed by atoms with van der Waals surface area (Å²) < 4.78 is 12.1. The van der Waals surface area contributed by atoms with Gasteiger partial charge in [0, 0.05) is 6.42 Å². The van der Waals surface area contributed by atoms with Crippen LogP contribution in [0.2, 0.25) is 18.1 Å². The third kappa shape index (κ3) is 9.42. The van der Waals surface area contributed by atoms with Crippen LogP contribution in [-0.2, 0) is 14.0 Å². The minimum atomic E-state index is -1.90. The zero-order chi connectivity index (χ0) is 20.3. The summed E-state index contributed by atoms with van der Waals surface area (Å²) in [5.41, 5.74) is 0. The van der Waals surface area contributed by atoms with Crippen molar-refractivity contribution in [2.45, 2.75) is 129 Å². The van der Waals surface area contributed by atoms with Crippen molar-refractivity contribution in [3.63, 3.8) is 0 Å². The molecule has 0 spiro atoms. The smallest absolute Gasteiger partial charge is 0.306 e. The van der Waals surface area contributed by atoms with Crippen molar-refractivity contribution in [3.8, 4) is 0 Å². The monoisotopic (exact) mass is 396 g/mol. The van der Waals surface area contributed by atoms with E-state index in [4.69, 9.17) is 9.16 Å². The third-order valence-corrected chi connectivity index (χ3v) is 10.5. The van der Waals surface area contributed by atoms with Gasteiger partial charge in [-0.05, 0) is 37.4 Å². The molecule has 0 radical (unpaired) electrons. The lowest BCUT2D eigenvalue weighted by molar-refractivity contribution is -0.143. The van der Waals surface area contributed by atoms with Crippen LogP contribution < -0.4 is 0 Å². The summed E-state index contributed by atoms with van der Waals surface area (Å²) in [7, 11) is -1.90. The molecule has 27 heavy (non-hydrogen) atoms. The van der Waals surface area contributed by atoms with Gasteiger partial charge in [0.2, 0.25) is 0 Å². The average molecular weight is 397 g/mol. The van der Waals surface area contributed by atoms with Crippen LogP contribution in [0.15, 0.2) is 12.2 Å². The fourth-order valence-electron chi connectivity index (χ4n) is 3.16. The van der Waals surface area contributed by atoms with E-state index >= 15 is 0 Å². The quantitative estimate of drug-likeness (QED) is 0.143. The van der Waals surface area contributed by atoms with E-state index in [1.54, 1.807) is 0 Å². The molecule has 0 aromatic carbocycles. The molecule has 0 bridgehead atoms. The van der Waals surface area contributed by atoms with Gasteiger partial charge in [0.1, 0.15) is 12.2 Å². The summed E-state index contributed by atoms with van der Waals surface area (Å²) in [6.45, 7) is 13.6. The molecule has 158 valence electrons. The maximum atomic E-state index is 11.6. The van der Waals surface area contributed by atoms with Crippen LogP contribution >= 0.6 is 0 Å². The highest BCUT2D eigenvalue weighted by Crippen LogP contribution is 2.38. The highest BCUT2D eigenvalue weighted by atomic mass is 28.4. The second-order valence-electron chi connectivity index (χ2n) is 9.60. The maximum Gasteiger partial charge on any atom is 0.306 e. The molecular weight excluding hydrogens is 352 g/mol. The van der Waals surface area contributed by atoms with Crippen LogP contribution in [0.1, 0.15) is 98.3 Å². The summed E-state index contributed by atoms with van der Waals surface area (Å²) in [6, 6.07) is 0. The number of cyclic esters (lactones) is 1. The first-order valence-corrected chi connectivity index (χ1v) is 14.1. The van der Waals surface area contributed by atoms with E-state index in [2.05, 4.69) is 52.9 Å². The van der Waals surface area contributed by atoms with Crippen LogP contribution in [0.25, 0.3) is 0 Å². The molecule has 4 heteroatoms. The Hall–Kier alpha value is -0.613. The van der Waals surface area contributed by atoms with Crippen LogP contribution in [0.3, 0.4) is 0 Å². The number of rotatable bonds is 13. The number of ether oxygens (including phenoxy) is 1. The molecule has 0 unspecified atom stereocenters. The summed E-state index contributed by atoms with van der Waals surface area (Å²) in [6.07, 6.45) is 17.4. The largest absolute Gasteiger partial charge is 0.459 e. The Bertz CT molecular complexity index is 451. The van der Waals surface area contributed by atoms with Gasteiger partial charge < -0.3 is 9.16 Å². The second kappa shape index (κ2) is 12.1. The van der Waals surface area contributed by atoms with Gasteiger partial charge in [-0.25, -0.2) is 0 Å². The third-order valence-electron chi connectivity index (χ3n) is 6.07. The molecule has 2 atom stereocenters. The van der Waals surface area contributed by atoms with E-state index in [0.717, 1.165) is 12.8 Å². The molecule has 1 rings (SSSR count). The molecule has 1 heterocycles. The number of unbranched alkanes of at least 4 members (excludes halogenated alkanes) is 8. The lowest BCUT2D eigenvalue weighted by Gasteiger charge is -2.39. The number of hydrogen-bond donors (Lipinski definition) is 0. The number of carbonyl (C=O) groups is 1. The van der Waals surface area contributed by atoms with Gasteiger partial charge >= 0.3 is 5.97 Å². The molecule has 0 amide bonds. The van der Waals surface area contributed by atoms with Crippen molar-refractivity contribution in [3.05, 3.63) is 12.2 Å². The Balaban J connectivity index is 2.43. The minimum Gasteiger partial charge on any atom is -0.459 e. The predicted molar refractivity (Wildman–Crippen MR) is 118 cm³/mol. The average Bonchev–Trinajstić information content (AvgIpc) is 3.00. The van der Waals surface area contributed by atoms with E-state index in [1.807, 2.05) is 0 Å². The van der Waals surface area contributed by atoms with Gasteiger partial charge in [-0.1, -0.05) is 84.8 Å². The Kier molecular flexibility index (Phi) is 10.9. The van der Waals surface area contributed by atoms with E-state index in [9.17, 15) is 4.79 Å². The van der Waals surface area contributed by atoms with Crippen molar-refractivity contribution >= 4 is 14.3 Å². The molecule has 1 aliphatic rings. The molecule has 1 saturated heterocycles. The number of hydrogen-bond acceptors (Lipinski definition) is 3. The lowest BCUT2D eigenvalue weighted by Crippen LogP contribution is -2.46. The van der Waals surface area contributed by atoms with Gasteiger partial charge in [-0.15, -0.1) is 0 Å². The molecule has 1 fully saturated rings. The van der Waals surface area contributed by atoms with Crippen molar-refractivity contribution in [2.24, 2.45) is 0 Å². The number of carbonyl (C=O) groups excluding carboxylic acids is 1. The standard InChI is InChI=1S/C23H44O3Si/c1-7-8-9-10-11-12-13-14-15-16-17-21(20-18-19-22(24)25-20)26-27(5,6)23(2,3)4/h16-17,20-21H,7-15,18-19H2,1-6H3/b17-16+/t20-,21-/m1/s1. The Labute approximate surface area is 169 Å². The molecular formula is C23H44O3Si. The van der Waals surface area contributed by atoms with Crippen molar-refractivity contribution in [1.29, 1.82) is 0 Å².